The zero-order valence-corrected chi connectivity index (χ0v) is 12.9. The highest BCUT2D eigenvalue weighted by Gasteiger charge is 2.20. The van der Waals surface area contributed by atoms with E-state index in [1.54, 1.807) is 6.20 Å². The lowest BCUT2D eigenvalue weighted by molar-refractivity contribution is -0.660. The first kappa shape index (κ1) is 13.5. The van der Waals surface area contributed by atoms with Crippen LogP contribution in [0, 0.1) is 13.5 Å². The van der Waals surface area contributed by atoms with Crippen LogP contribution in [0.4, 0.5) is 5.69 Å². The topological polar surface area (TPSA) is 34.3 Å². The molecular weight excluding hydrogens is 286 g/mol. The van der Waals surface area contributed by atoms with Crippen molar-refractivity contribution in [3.05, 3.63) is 65.8 Å². The van der Waals surface area contributed by atoms with E-state index in [4.69, 9.17) is 11.0 Å². The second-order valence-electron chi connectivity index (χ2n) is 5.59. The van der Waals surface area contributed by atoms with E-state index in [1.807, 2.05) is 37.5 Å². The molecule has 110 valence electrons. The van der Waals surface area contributed by atoms with E-state index in [9.17, 15) is 0 Å². The first-order valence-electron chi connectivity index (χ1n) is 7.33. The van der Waals surface area contributed by atoms with Crippen molar-refractivity contribution in [2.75, 3.05) is 0 Å². The number of nitrogens with zero attached hydrogens (tertiary/aromatic N) is 3. The number of aryl methyl sites for hydroxylation is 2. The van der Waals surface area contributed by atoms with Gasteiger partial charge in [-0.25, -0.2) is 14.4 Å². The monoisotopic (exact) mass is 300 g/mol. The standard InChI is InChI=1S/C19H14N3O/c1-12-7-8-14-15-10-13(20-2)11-21-19(15)23-18(14)17(12)16-6-4-5-9-22(16)3/h4-11H,1,3H3/q+1. The van der Waals surface area contributed by atoms with E-state index in [0.717, 1.165) is 33.2 Å². The minimum Gasteiger partial charge on any atom is -0.437 e. The van der Waals surface area contributed by atoms with Crippen molar-refractivity contribution < 1.29 is 8.98 Å². The van der Waals surface area contributed by atoms with Gasteiger partial charge >= 0.3 is 0 Å². The molecule has 3 aromatic heterocycles. The quantitative estimate of drug-likeness (QED) is 0.387. The molecule has 0 aliphatic heterocycles. The van der Waals surface area contributed by atoms with E-state index in [-0.39, 0.29) is 0 Å². The van der Waals surface area contributed by atoms with E-state index >= 15 is 0 Å². The number of pyridine rings is 2. The smallest absolute Gasteiger partial charge is 0.224 e. The zero-order chi connectivity index (χ0) is 16.0. The summed E-state index contributed by atoms with van der Waals surface area (Å²) >= 11 is 0. The van der Waals surface area contributed by atoms with Crippen LogP contribution in [0.5, 0.6) is 0 Å². The van der Waals surface area contributed by atoms with Crippen LogP contribution in [0.1, 0.15) is 5.56 Å². The first-order valence-corrected chi connectivity index (χ1v) is 7.33. The Labute approximate surface area is 133 Å². The van der Waals surface area contributed by atoms with Crippen molar-refractivity contribution >= 4 is 27.8 Å². The second kappa shape index (κ2) is 4.92. The number of hydrogen-bond acceptors (Lipinski definition) is 2. The SMILES string of the molecule is [C-]#[N+]c1cnc2oc3c(-c4cccc[n+]4C)c(C)ccc3c2c1. The highest BCUT2D eigenvalue weighted by Crippen LogP contribution is 2.37. The summed E-state index contributed by atoms with van der Waals surface area (Å²) in [5.41, 5.74) is 5.19. The van der Waals surface area contributed by atoms with E-state index < -0.39 is 0 Å². The number of rotatable bonds is 1. The van der Waals surface area contributed by atoms with Gasteiger partial charge in [0.15, 0.2) is 11.8 Å². The van der Waals surface area contributed by atoms with Crippen LogP contribution in [0.25, 0.3) is 38.2 Å². The summed E-state index contributed by atoms with van der Waals surface area (Å²) in [5, 5.41) is 1.87. The Kier molecular flexibility index (Phi) is 2.88. The summed E-state index contributed by atoms with van der Waals surface area (Å²) < 4.78 is 8.12. The average Bonchev–Trinajstić information content (AvgIpc) is 2.93. The van der Waals surface area contributed by atoms with Gasteiger partial charge in [0.2, 0.25) is 17.1 Å². The van der Waals surface area contributed by atoms with Crippen LogP contribution in [0.15, 0.2) is 53.2 Å². The fourth-order valence-electron chi connectivity index (χ4n) is 2.97. The summed E-state index contributed by atoms with van der Waals surface area (Å²) in [6, 6.07) is 12.1. The van der Waals surface area contributed by atoms with Crippen molar-refractivity contribution in [1.29, 1.82) is 0 Å². The van der Waals surface area contributed by atoms with Crippen molar-refractivity contribution in [2.24, 2.45) is 7.05 Å². The van der Waals surface area contributed by atoms with E-state index in [1.165, 1.54) is 0 Å². The molecule has 4 rings (SSSR count). The molecule has 0 unspecified atom stereocenters. The lowest BCUT2D eigenvalue weighted by Gasteiger charge is -2.04. The molecule has 0 bridgehead atoms. The number of aromatic nitrogens is 2. The molecule has 0 atom stereocenters. The lowest BCUT2D eigenvalue weighted by Crippen LogP contribution is -2.30. The molecule has 1 aromatic carbocycles. The number of fused-ring (bicyclic) bond motifs is 3. The van der Waals surface area contributed by atoms with E-state index in [2.05, 4.69) is 33.5 Å². The third-order valence-corrected chi connectivity index (χ3v) is 4.13. The molecule has 4 nitrogen and oxygen atoms in total. The van der Waals surface area contributed by atoms with Gasteiger partial charge in [-0.1, -0.05) is 12.1 Å². The van der Waals surface area contributed by atoms with Crippen LogP contribution in [-0.4, -0.2) is 4.98 Å². The minimum atomic E-state index is 0.521. The second-order valence-corrected chi connectivity index (χ2v) is 5.59. The lowest BCUT2D eigenvalue weighted by atomic mass is 10.0. The van der Waals surface area contributed by atoms with Gasteiger partial charge in [0.25, 0.3) is 0 Å². The normalized spacial score (nSPS) is 11.0. The van der Waals surface area contributed by atoms with Gasteiger partial charge in [0.1, 0.15) is 7.05 Å². The molecule has 0 N–H and O–H groups in total. The van der Waals surface area contributed by atoms with E-state index in [0.29, 0.717) is 11.4 Å². The van der Waals surface area contributed by atoms with Gasteiger partial charge in [0, 0.05) is 29.1 Å². The Morgan fingerprint density at radius 2 is 2.04 bits per heavy atom. The van der Waals surface area contributed by atoms with Crippen LogP contribution in [0.2, 0.25) is 0 Å². The predicted molar refractivity (Wildman–Crippen MR) is 89.1 cm³/mol. The summed E-state index contributed by atoms with van der Waals surface area (Å²) in [7, 11) is 2.02. The van der Waals surface area contributed by atoms with Gasteiger partial charge in [0.05, 0.1) is 12.1 Å². The molecule has 0 amide bonds. The van der Waals surface area contributed by atoms with Crippen LogP contribution < -0.4 is 4.57 Å². The highest BCUT2D eigenvalue weighted by atomic mass is 16.3. The maximum absolute atomic E-state index is 7.17. The molecular formula is C19H14N3O+. The Hall–Kier alpha value is -3.19. The average molecular weight is 300 g/mol. The summed E-state index contributed by atoms with van der Waals surface area (Å²) in [5.74, 6) is 0. The fourth-order valence-corrected chi connectivity index (χ4v) is 2.97. The van der Waals surface area contributed by atoms with Crippen molar-refractivity contribution in [3.63, 3.8) is 0 Å². The molecule has 4 aromatic rings. The molecule has 0 radical (unpaired) electrons. The minimum absolute atomic E-state index is 0.521. The summed E-state index contributed by atoms with van der Waals surface area (Å²) in [6.07, 6.45) is 3.57. The Balaban J connectivity index is 2.15. The van der Waals surface area contributed by atoms with Crippen molar-refractivity contribution in [2.45, 2.75) is 6.92 Å². The zero-order valence-electron chi connectivity index (χ0n) is 12.9. The van der Waals surface area contributed by atoms with Gasteiger partial charge in [-0.3, -0.25) is 0 Å². The maximum atomic E-state index is 7.17. The van der Waals surface area contributed by atoms with Gasteiger partial charge in [-0.05, 0) is 24.6 Å². The van der Waals surface area contributed by atoms with Crippen molar-refractivity contribution in [1.82, 2.24) is 4.98 Å². The maximum Gasteiger partial charge on any atom is 0.224 e. The van der Waals surface area contributed by atoms with Gasteiger partial charge in [-0.15, -0.1) is 0 Å². The first-order chi connectivity index (χ1) is 11.2. The highest BCUT2D eigenvalue weighted by molar-refractivity contribution is 6.09. The number of benzene rings is 1. The summed E-state index contributed by atoms with van der Waals surface area (Å²) in [6.45, 7) is 9.25. The predicted octanol–water partition coefficient (Wildman–Crippen LogP) is 4.33. The van der Waals surface area contributed by atoms with Crippen LogP contribution in [-0.2, 0) is 7.05 Å². The molecule has 0 aliphatic rings. The molecule has 23 heavy (non-hydrogen) atoms. The molecule has 4 heteroatoms. The van der Waals surface area contributed by atoms with Gasteiger partial charge in [-0.2, -0.15) is 0 Å². The fraction of sp³-hybridized carbons (Fsp3) is 0.105. The Bertz CT molecular complexity index is 1100. The molecule has 3 heterocycles. The van der Waals surface area contributed by atoms with Crippen LogP contribution in [0.3, 0.4) is 0 Å². The molecule has 0 aliphatic carbocycles. The molecule has 0 fully saturated rings. The third kappa shape index (κ3) is 1.98. The molecule has 0 saturated carbocycles. The summed E-state index contributed by atoms with van der Waals surface area (Å²) in [4.78, 5) is 7.75. The van der Waals surface area contributed by atoms with Gasteiger partial charge < -0.3 is 4.42 Å². The third-order valence-electron chi connectivity index (χ3n) is 4.13. The number of furan rings is 1. The molecule has 0 spiro atoms. The largest absolute Gasteiger partial charge is 0.437 e. The Morgan fingerprint density at radius 3 is 2.83 bits per heavy atom. The van der Waals surface area contributed by atoms with Crippen molar-refractivity contribution in [3.8, 4) is 11.3 Å². The van der Waals surface area contributed by atoms with Crippen LogP contribution >= 0.6 is 0 Å². The molecule has 0 saturated heterocycles. The number of hydrogen-bond donors (Lipinski definition) is 0. The Morgan fingerprint density at radius 1 is 1.17 bits per heavy atom.